The van der Waals surface area contributed by atoms with Gasteiger partial charge in [-0.3, -0.25) is 0 Å². The highest BCUT2D eigenvalue weighted by Gasteiger charge is 2.28. The first kappa shape index (κ1) is 20.2. The first-order valence-corrected chi connectivity index (χ1v) is 9.48. The molecule has 1 atom stereocenters. The Balaban J connectivity index is 0.00000243. The van der Waals surface area contributed by atoms with E-state index >= 15 is 0 Å². The molecule has 0 saturated heterocycles. The van der Waals surface area contributed by atoms with E-state index in [0.717, 1.165) is 24.0 Å². The van der Waals surface area contributed by atoms with E-state index in [1.54, 1.807) is 18.2 Å². The Bertz CT molecular complexity index is 915. The number of hydrogen-bond donors (Lipinski definition) is 2. The normalized spacial score (nSPS) is 16.3. The van der Waals surface area contributed by atoms with E-state index in [1.807, 2.05) is 12.1 Å². The third-order valence-corrected chi connectivity index (χ3v) is 5.89. The zero-order chi connectivity index (χ0) is 18.0. The number of sulfonamides is 1. The molecule has 140 valence electrons. The minimum absolute atomic E-state index is 0. The lowest BCUT2D eigenvalue weighted by molar-refractivity contribution is 0.0596. The van der Waals surface area contributed by atoms with Crippen molar-refractivity contribution in [1.82, 2.24) is 4.72 Å². The van der Waals surface area contributed by atoms with Gasteiger partial charge < -0.3 is 10.5 Å². The second-order valence-corrected chi connectivity index (χ2v) is 7.69. The van der Waals surface area contributed by atoms with E-state index < -0.39 is 16.0 Å². The first-order valence-electron chi connectivity index (χ1n) is 8.00. The number of benzene rings is 2. The molecule has 0 amide bonds. The number of aryl methyl sites for hydroxylation is 1. The van der Waals surface area contributed by atoms with Crippen LogP contribution in [0.3, 0.4) is 0 Å². The molecule has 2 aromatic carbocycles. The van der Waals surface area contributed by atoms with Crippen molar-refractivity contribution in [2.75, 3.05) is 12.8 Å². The van der Waals surface area contributed by atoms with E-state index in [4.69, 9.17) is 5.73 Å². The molecule has 6 nitrogen and oxygen atoms in total. The Kier molecular flexibility index (Phi) is 6.28. The summed E-state index contributed by atoms with van der Waals surface area (Å²) in [6.07, 6.45) is 2.43. The first-order chi connectivity index (χ1) is 11.9. The lowest BCUT2D eigenvalue weighted by Crippen LogP contribution is -2.32. The number of hydrogen-bond acceptors (Lipinski definition) is 5. The van der Waals surface area contributed by atoms with Crippen molar-refractivity contribution in [2.24, 2.45) is 0 Å². The summed E-state index contributed by atoms with van der Waals surface area (Å²) >= 11 is 0. The number of nitrogen functional groups attached to an aromatic ring is 1. The van der Waals surface area contributed by atoms with Gasteiger partial charge in [0.1, 0.15) is 0 Å². The smallest absolute Gasteiger partial charge is 0.339 e. The fraction of sp³-hybridized carbons (Fsp3) is 0.278. The molecule has 8 heteroatoms. The molecule has 0 heterocycles. The topological polar surface area (TPSA) is 98.5 Å². The largest absolute Gasteiger partial charge is 0.465 e. The Morgan fingerprint density at radius 1 is 1.23 bits per heavy atom. The van der Waals surface area contributed by atoms with Gasteiger partial charge in [0.25, 0.3) is 0 Å². The van der Waals surface area contributed by atoms with Crippen molar-refractivity contribution >= 4 is 34.1 Å². The van der Waals surface area contributed by atoms with Gasteiger partial charge in [-0.2, -0.15) is 0 Å². The fourth-order valence-electron chi connectivity index (χ4n) is 3.19. The number of nitrogens with one attached hydrogen (secondary N) is 1. The summed E-state index contributed by atoms with van der Waals surface area (Å²) in [6, 6.07) is 11.2. The van der Waals surface area contributed by atoms with Crippen LogP contribution in [0.5, 0.6) is 0 Å². The molecule has 1 aliphatic rings. The Morgan fingerprint density at radius 2 is 1.96 bits per heavy atom. The summed E-state index contributed by atoms with van der Waals surface area (Å²) in [5.74, 6) is -0.683. The van der Waals surface area contributed by atoms with E-state index in [1.165, 1.54) is 19.2 Å². The van der Waals surface area contributed by atoms with Crippen molar-refractivity contribution in [3.63, 3.8) is 0 Å². The van der Waals surface area contributed by atoms with Crippen molar-refractivity contribution < 1.29 is 17.9 Å². The molecule has 1 aliphatic carbocycles. The van der Waals surface area contributed by atoms with Gasteiger partial charge in [-0.15, -0.1) is 12.4 Å². The highest BCUT2D eigenvalue weighted by atomic mass is 35.5. The average molecular weight is 397 g/mol. The van der Waals surface area contributed by atoms with Crippen LogP contribution in [-0.2, 0) is 21.2 Å². The number of methoxy groups -OCH3 is 1. The number of nitrogens with two attached hydrogens (primary N) is 1. The molecule has 0 bridgehead atoms. The summed E-state index contributed by atoms with van der Waals surface area (Å²) in [4.78, 5) is 11.8. The predicted molar refractivity (Wildman–Crippen MR) is 102 cm³/mol. The zero-order valence-electron chi connectivity index (χ0n) is 14.3. The lowest BCUT2D eigenvalue weighted by atomic mass is 9.88. The number of fused-ring (bicyclic) bond motifs is 1. The van der Waals surface area contributed by atoms with Crippen molar-refractivity contribution in [2.45, 2.75) is 30.2 Å². The van der Waals surface area contributed by atoms with Crippen molar-refractivity contribution in [1.29, 1.82) is 0 Å². The molecule has 0 aliphatic heterocycles. The number of anilines is 1. The Morgan fingerprint density at radius 3 is 2.69 bits per heavy atom. The molecule has 0 saturated carbocycles. The summed E-state index contributed by atoms with van der Waals surface area (Å²) < 4.78 is 33.2. The van der Waals surface area contributed by atoms with Crippen LogP contribution in [0.1, 0.15) is 40.4 Å². The van der Waals surface area contributed by atoms with Gasteiger partial charge in [-0.05, 0) is 54.7 Å². The maximum atomic E-state index is 12.9. The SMILES string of the molecule is COC(=O)c1ccccc1S(=O)(=O)NC1CCCc2cc(N)ccc21.Cl. The van der Waals surface area contributed by atoms with Crippen molar-refractivity contribution in [3.8, 4) is 0 Å². The van der Waals surface area contributed by atoms with E-state index in [9.17, 15) is 13.2 Å². The second-order valence-electron chi connectivity index (χ2n) is 6.01. The molecule has 3 rings (SSSR count). The van der Waals surface area contributed by atoms with Crippen LogP contribution < -0.4 is 10.5 Å². The Labute approximate surface area is 159 Å². The molecule has 0 fully saturated rings. The van der Waals surface area contributed by atoms with Crippen LogP contribution >= 0.6 is 12.4 Å². The lowest BCUT2D eigenvalue weighted by Gasteiger charge is -2.26. The van der Waals surface area contributed by atoms with E-state index in [-0.39, 0.29) is 28.9 Å². The quantitative estimate of drug-likeness (QED) is 0.611. The van der Waals surface area contributed by atoms with E-state index in [2.05, 4.69) is 9.46 Å². The minimum atomic E-state index is -3.88. The number of carbonyl (C=O) groups is 1. The highest BCUT2D eigenvalue weighted by molar-refractivity contribution is 7.89. The third-order valence-electron chi connectivity index (χ3n) is 4.36. The summed E-state index contributed by atoms with van der Waals surface area (Å²) in [5.41, 5.74) is 8.49. The van der Waals surface area contributed by atoms with Gasteiger partial charge >= 0.3 is 5.97 Å². The van der Waals surface area contributed by atoms with Crippen molar-refractivity contribution in [3.05, 3.63) is 59.2 Å². The van der Waals surface area contributed by atoms with Gasteiger partial charge in [-0.25, -0.2) is 17.9 Å². The fourth-order valence-corrected chi connectivity index (χ4v) is 4.63. The summed E-state index contributed by atoms with van der Waals surface area (Å²) in [6.45, 7) is 0. The monoisotopic (exact) mass is 396 g/mol. The number of halogens is 1. The number of esters is 1. The second kappa shape index (κ2) is 8.07. The average Bonchev–Trinajstić information content (AvgIpc) is 2.60. The molecule has 2 aromatic rings. The van der Waals surface area contributed by atoms with Crippen LogP contribution in [0, 0.1) is 0 Å². The maximum absolute atomic E-state index is 12.9. The van der Waals surface area contributed by atoms with Crippen LogP contribution in [0.25, 0.3) is 0 Å². The number of ether oxygens (including phenoxy) is 1. The van der Waals surface area contributed by atoms with E-state index in [0.29, 0.717) is 12.1 Å². The number of rotatable bonds is 4. The predicted octanol–water partition coefficient (Wildman–Crippen LogP) is 2.83. The van der Waals surface area contributed by atoms with Gasteiger partial charge in [0.05, 0.1) is 17.6 Å². The molecule has 1 unspecified atom stereocenters. The van der Waals surface area contributed by atoms with Crippen LogP contribution in [0.15, 0.2) is 47.4 Å². The molecule has 0 aromatic heterocycles. The molecular weight excluding hydrogens is 376 g/mol. The molecule has 26 heavy (non-hydrogen) atoms. The van der Waals surface area contributed by atoms with Gasteiger partial charge in [0.15, 0.2) is 0 Å². The molecule has 3 N–H and O–H groups in total. The highest BCUT2D eigenvalue weighted by Crippen LogP contribution is 2.32. The third kappa shape index (κ3) is 4.00. The standard InChI is InChI=1S/C18H20N2O4S.ClH/c1-24-18(21)15-6-2-3-8-17(15)25(22,23)20-16-7-4-5-12-11-13(19)9-10-14(12)16;/h2-3,6,8-11,16,20H,4-5,7,19H2,1H3;1H. The van der Waals surface area contributed by atoms with Crippen LogP contribution in [-0.4, -0.2) is 21.5 Å². The van der Waals surface area contributed by atoms with Crippen LogP contribution in [0.2, 0.25) is 0 Å². The minimum Gasteiger partial charge on any atom is -0.465 e. The van der Waals surface area contributed by atoms with Gasteiger partial charge in [0, 0.05) is 11.7 Å². The number of carbonyl (C=O) groups excluding carboxylic acids is 1. The van der Waals surface area contributed by atoms with Crippen LogP contribution in [0.4, 0.5) is 5.69 Å². The zero-order valence-corrected chi connectivity index (χ0v) is 15.9. The molecular formula is C18H21ClN2O4S. The van der Waals surface area contributed by atoms with Gasteiger partial charge in [0.2, 0.25) is 10.0 Å². The molecule has 0 spiro atoms. The van der Waals surface area contributed by atoms with Gasteiger partial charge in [-0.1, -0.05) is 18.2 Å². The summed E-state index contributed by atoms with van der Waals surface area (Å²) in [7, 11) is -2.66. The summed E-state index contributed by atoms with van der Waals surface area (Å²) in [5, 5.41) is 0. The Hall–Kier alpha value is -2.09. The maximum Gasteiger partial charge on any atom is 0.339 e. The molecule has 0 radical (unpaired) electrons.